The van der Waals surface area contributed by atoms with Crippen LogP contribution < -0.4 is 5.32 Å². The number of carbonyl (C=O) groups is 1. The average Bonchev–Trinajstić information content (AvgIpc) is 2.50. The molecule has 0 aliphatic carbocycles. The lowest BCUT2D eigenvalue weighted by atomic mass is 10.2. The normalized spacial score (nSPS) is 21.7. The standard InChI is InChI=1S/C18H27BrN2O2S/c1-13-9-16(19)5-6-17(13)24-12-18(22)20-7-4-8-21-10-14(2)23-15(3)11-21/h5-6,9,14-15H,4,7-8,10-12H2,1-3H3,(H,20,22). The second-order valence-electron chi connectivity index (χ2n) is 6.42. The third-order valence-corrected chi connectivity index (χ3v) is 5.63. The maximum atomic E-state index is 12.0. The van der Waals surface area contributed by atoms with Crippen molar-refractivity contribution < 1.29 is 9.53 Å². The summed E-state index contributed by atoms with van der Waals surface area (Å²) >= 11 is 5.05. The average molecular weight is 415 g/mol. The van der Waals surface area contributed by atoms with Crippen molar-refractivity contribution in [3.8, 4) is 0 Å². The summed E-state index contributed by atoms with van der Waals surface area (Å²) in [5.74, 6) is 0.569. The van der Waals surface area contributed by atoms with Crippen LogP contribution in [0.1, 0.15) is 25.8 Å². The minimum atomic E-state index is 0.103. The van der Waals surface area contributed by atoms with Gasteiger partial charge in [-0.15, -0.1) is 11.8 Å². The number of aryl methyl sites for hydroxylation is 1. The Bertz CT molecular complexity index is 546. The van der Waals surface area contributed by atoms with Gasteiger partial charge in [-0.25, -0.2) is 0 Å². The van der Waals surface area contributed by atoms with E-state index in [4.69, 9.17) is 4.74 Å². The van der Waals surface area contributed by atoms with Crippen LogP contribution in [0.2, 0.25) is 0 Å². The van der Waals surface area contributed by atoms with Gasteiger partial charge in [-0.3, -0.25) is 9.69 Å². The lowest BCUT2D eigenvalue weighted by Gasteiger charge is -2.35. The first kappa shape index (κ1) is 19.8. The van der Waals surface area contributed by atoms with Gasteiger partial charge in [0, 0.05) is 35.5 Å². The summed E-state index contributed by atoms with van der Waals surface area (Å²) in [7, 11) is 0. The molecule has 1 aromatic carbocycles. The first-order valence-electron chi connectivity index (χ1n) is 8.47. The molecular weight excluding hydrogens is 388 g/mol. The number of ether oxygens (including phenoxy) is 1. The van der Waals surface area contributed by atoms with Crippen molar-refractivity contribution in [2.45, 2.75) is 44.3 Å². The summed E-state index contributed by atoms with van der Waals surface area (Å²) in [6, 6.07) is 6.14. The van der Waals surface area contributed by atoms with E-state index >= 15 is 0 Å². The van der Waals surface area contributed by atoms with Crippen molar-refractivity contribution in [1.29, 1.82) is 0 Å². The Morgan fingerprint density at radius 2 is 2.08 bits per heavy atom. The Kier molecular flexibility index (Phi) is 8.07. The fourth-order valence-electron chi connectivity index (χ4n) is 2.97. The molecule has 4 nitrogen and oxygen atoms in total. The molecule has 0 radical (unpaired) electrons. The molecule has 0 saturated carbocycles. The highest BCUT2D eigenvalue weighted by Crippen LogP contribution is 2.25. The Balaban J connectivity index is 1.61. The maximum Gasteiger partial charge on any atom is 0.230 e. The van der Waals surface area contributed by atoms with Gasteiger partial charge in [0.2, 0.25) is 5.91 Å². The number of carbonyl (C=O) groups excluding carboxylic acids is 1. The van der Waals surface area contributed by atoms with Crippen LogP contribution >= 0.6 is 27.7 Å². The molecule has 1 amide bonds. The van der Waals surface area contributed by atoms with Gasteiger partial charge in [0.1, 0.15) is 0 Å². The van der Waals surface area contributed by atoms with E-state index in [9.17, 15) is 4.79 Å². The quantitative estimate of drug-likeness (QED) is 0.547. The van der Waals surface area contributed by atoms with Gasteiger partial charge in [-0.05, 0) is 51.0 Å². The number of halogens is 1. The Labute approximate surface area is 157 Å². The van der Waals surface area contributed by atoms with E-state index in [1.807, 2.05) is 6.07 Å². The van der Waals surface area contributed by atoms with Crippen molar-refractivity contribution in [3.05, 3.63) is 28.2 Å². The van der Waals surface area contributed by atoms with E-state index in [1.165, 1.54) is 5.56 Å². The molecule has 1 N–H and O–H groups in total. The van der Waals surface area contributed by atoms with Crippen molar-refractivity contribution in [2.75, 3.05) is 31.9 Å². The zero-order valence-corrected chi connectivity index (χ0v) is 17.1. The Hall–Kier alpha value is -0.560. The molecule has 6 heteroatoms. The minimum absolute atomic E-state index is 0.103. The second-order valence-corrected chi connectivity index (χ2v) is 8.35. The Morgan fingerprint density at radius 1 is 1.38 bits per heavy atom. The highest BCUT2D eigenvalue weighted by Gasteiger charge is 2.21. The Morgan fingerprint density at radius 3 is 2.75 bits per heavy atom. The molecule has 1 heterocycles. The predicted molar refractivity (Wildman–Crippen MR) is 104 cm³/mol. The number of nitrogens with one attached hydrogen (secondary N) is 1. The molecule has 2 rings (SSSR count). The summed E-state index contributed by atoms with van der Waals surface area (Å²) in [6.07, 6.45) is 1.58. The van der Waals surface area contributed by atoms with Crippen LogP contribution in [0.3, 0.4) is 0 Å². The summed E-state index contributed by atoms with van der Waals surface area (Å²) in [5, 5.41) is 3.02. The molecule has 1 aromatic rings. The number of thioether (sulfide) groups is 1. The molecule has 0 aromatic heterocycles. The molecule has 134 valence electrons. The lowest BCUT2D eigenvalue weighted by molar-refractivity contribution is -0.118. The zero-order valence-electron chi connectivity index (χ0n) is 14.7. The molecule has 1 aliphatic rings. The molecule has 1 saturated heterocycles. The number of benzene rings is 1. The monoisotopic (exact) mass is 414 g/mol. The summed E-state index contributed by atoms with van der Waals surface area (Å²) < 4.78 is 6.80. The largest absolute Gasteiger partial charge is 0.373 e. The smallest absolute Gasteiger partial charge is 0.230 e. The zero-order chi connectivity index (χ0) is 17.5. The fraction of sp³-hybridized carbons (Fsp3) is 0.611. The van der Waals surface area contributed by atoms with Crippen LogP contribution in [0.5, 0.6) is 0 Å². The molecule has 2 unspecified atom stereocenters. The van der Waals surface area contributed by atoms with E-state index in [0.717, 1.165) is 42.0 Å². The molecule has 24 heavy (non-hydrogen) atoms. The van der Waals surface area contributed by atoms with Crippen molar-refractivity contribution >= 4 is 33.6 Å². The van der Waals surface area contributed by atoms with Gasteiger partial charge in [-0.1, -0.05) is 15.9 Å². The first-order chi connectivity index (χ1) is 11.4. The van der Waals surface area contributed by atoms with Crippen LogP contribution in [0.25, 0.3) is 0 Å². The second kappa shape index (κ2) is 9.80. The highest BCUT2D eigenvalue weighted by atomic mass is 79.9. The van der Waals surface area contributed by atoms with Gasteiger partial charge in [0.15, 0.2) is 0 Å². The van der Waals surface area contributed by atoms with E-state index in [2.05, 4.69) is 59.1 Å². The van der Waals surface area contributed by atoms with E-state index in [0.29, 0.717) is 18.0 Å². The number of hydrogen-bond donors (Lipinski definition) is 1. The third kappa shape index (κ3) is 6.75. The number of morpholine rings is 1. The maximum absolute atomic E-state index is 12.0. The number of nitrogens with zero attached hydrogens (tertiary/aromatic N) is 1. The molecule has 1 aliphatic heterocycles. The van der Waals surface area contributed by atoms with Crippen LogP contribution in [0.15, 0.2) is 27.6 Å². The molecular formula is C18H27BrN2O2S. The first-order valence-corrected chi connectivity index (χ1v) is 10.3. The molecule has 2 atom stereocenters. The third-order valence-electron chi connectivity index (χ3n) is 3.96. The minimum Gasteiger partial charge on any atom is -0.373 e. The van der Waals surface area contributed by atoms with Gasteiger partial charge >= 0.3 is 0 Å². The summed E-state index contributed by atoms with van der Waals surface area (Å²) in [4.78, 5) is 15.6. The van der Waals surface area contributed by atoms with Gasteiger partial charge in [0.05, 0.1) is 18.0 Å². The van der Waals surface area contributed by atoms with Crippen LogP contribution in [-0.4, -0.2) is 54.9 Å². The van der Waals surface area contributed by atoms with Crippen LogP contribution in [-0.2, 0) is 9.53 Å². The molecule has 0 bridgehead atoms. The summed E-state index contributed by atoms with van der Waals surface area (Å²) in [6.45, 7) is 10.0. The van der Waals surface area contributed by atoms with Crippen molar-refractivity contribution in [1.82, 2.24) is 10.2 Å². The lowest BCUT2D eigenvalue weighted by Crippen LogP contribution is -2.46. The van der Waals surface area contributed by atoms with Gasteiger partial charge < -0.3 is 10.1 Å². The van der Waals surface area contributed by atoms with Crippen LogP contribution in [0.4, 0.5) is 0 Å². The van der Waals surface area contributed by atoms with Crippen molar-refractivity contribution in [3.63, 3.8) is 0 Å². The van der Waals surface area contributed by atoms with Crippen LogP contribution in [0, 0.1) is 6.92 Å². The van der Waals surface area contributed by atoms with Gasteiger partial charge in [-0.2, -0.15) is 0 Å². The van der Waals surface area contributed by atoms with E-state index < -0.39 is 0 Å². The molecule has 0 spiro atoms. The number of amides is 1. The number of rotatable bonds is 7. The van der Waals surface area contributed by atoms with E-state index in [-0.39, 0.29) is 5.91 Å². The SMILES string of the molecule is Cc1cc(Br)ccc1SCC(=O)NCCCN1CC(C)OC(C)C1. The highest BCUT2D eigenvalue weighted by molar-refractivity contribution is 9.10. The molecule has 1 fully saturated rings. The predicted octanol–water partition coefficient (Wildman–Crippen LogP) is 3.47. The van der Waals surface area contributed by atoms with Crippen molar-refractivity contribution in [2.24, 2.45) is 0 Å². The van der Waals surface area contributed by atoms with E-state index in [1.54, 1.807) is 11.8 Å². The topological polar surface area (TPSA) is 41.6 Å². The fourth-order valence-corrected chi connectivity index (χ4v) is 4.28. The summed E-state index contributed by atoms with van der Waals surface area (Å²) in [5.41, 5.74) is 1.19. The number of hydrogen-bond acceptors (Lipinski definition) is 4. The van der Waals surface area contributed by atoms with Gasteiger partial charge in [0.25, 0.3) is 0 Å².